The third-order valence-corrected chi connectivity index (χ3v) is 6.89. The van der Waals surface area contributed by atoms with E-state index in [1.807, 2.05) is 81.4 Å². The van der Waals surface area contributed by atoms with Crippen molar-refractivity contribution in [3.8, 4) is 11.4 Å². The number of hydrogen-bond acceptors (Lipinski definition) is 5. The lowest BCUT2D eigenvalue weighted by molar-refractivity contribution is -0.120. The Kier molecular flexibility index (Phi) is 7.03. The number of nitrogens with one attached hydrogen (secondary N) is 1. The summed E-state index contributed by atoms with van der Waals surface area (Å²) in [5.41, 5.74) is 4.30. The Labute approximate surface area is 203 Å². The fraction of sp³-hybridized carbons (Fsp3) is 0.222. The number of nitrogens with zero attached hydrogens (tertiary/aromatic N) is 2. The first kappa shape index (κ1) is 23.6. The van der Waals surface area contributed by atoms with Gasteiger partial charge >= 0.3 is 0 Å². The second-order valence-corrected chi connectivity index (χ2v) is 9.41. The van der Waals surface area contributed by atoms with E-state index in [-0.39, 0.29) is 11.5 Å². The van der Waals surface area contributed by atoms with Gasteiger partial charge in [0, 0.05) is 6.54 Å². The number of aromatic nitrogens is 2. The van der Waals surface area contributed by atoms with Crippen molar-refractivity contribution in [2.24, 2.45) is 0 Å². The van der Waals surface area contributed by atoms with E-state index in [2.05, 4.69) is 5.32 Å². The van der Waals surface area contributed by atoms with Gasteiger partial charge in [-0.05, 0) is 67.8 Å². The Morgan fingerprint density at radius 3 is 2.53 bits per heavy atom. The highest BCUT2D eigenvalue weighted by molar-refractivity contribution is 8.00. The molecule has 0 saturated heterocycles. The monoisotopic (exact) mass is 473 g/mol. The molecule has 34 heavy (non-hydrogen) atoms. The van der Waals surface area contributed by atoms with Gasteiger partial charge in [-0.2, -0.15) is 0 Å². The predicted octanol–water partition coefficient (Wildman–Crippen LogP) is 4.81. The van der Waals surface area contributed by atoms with Crippen LogP contribution in [0.2, 0.25) is 0 Å². The third kappa shape index (κ3) is 4.84. The first-order chi connectivity index (χ1) is 16.4. The molecule has 1 N–H and O–H groups in total. The van der Waals surface area contributed by atoms with Crippen LogP contribution < -0.4 is 15.6 Å². The highest BCUT2D eigenvalue weighted by Gasteiger charge is 2.21. The summed E-state index contributed by atoms with van der Waals surface area (Å²) in [7, 11) is 1.62. The van der Waals surface area contributed by atoms with Crippen molar-refractivity contribution in [2.75, 3.05) is 7.11 Å². The van der Waals surface area contributed by atoms with Crippen LogP contribution in [0.15, 0.2) is 76.7 Å². The van der Waals surface area contributed by atoms with E-state index >= 15 is 0 Å². The molecule has 3 aromatic carbocycles. The number of carbonyl (C=O) groups is 1. The van der Waals surface area contributed by atoms with Crippen molar-refractivity contribution < 1.29 is 9.53 Å². The van der Waals surface area contributed by atoms with Gasteiger partial charge in [0.1, 0.15) is 5.75 Å². The van der Waals surface area contributed by atoms with Gasteiger partial charge in [0.15, 0.2) is 5.16 Å². The van der Waals surface area contributed by atoms with Crippen molar-refractivity contribution >= 4 is 28.6 Å². The quantitative estimate of drug-likeness (QED) is 0.308. The first-order valence-electron chi connectivity index (χ1n) is 11.0. The molecule has 1 amide bonds. The van der Waals surface area contributed by atoms with E-state index in [1.165, 1.54) is 11.8 Å². The van der Waals surface area contributed by atoms with Gasteiger partial charge in [0.2, 0.25) is 5.91 Å². The lowest BCUT2D eigenvalue weighted by atomic mass is 10.1. The largest absolute Gasteiger partial charge is 0.497 e. The van der Waals surface area contributed by atoms with Gasteiger partial charge in [0.05, 0.1) is 29.0 Å². The molecule has 1 unspecified atom stereocenters. The lowest BCUT2D eigenvalue weighted by Crippen LogP contribution is -2.31. The van der Waals surface area contributed by atoms with E-state index in [0.717, 1.165) is 28.1 Å². The van der Waals surface area contributed by atoms with E-state index in [4.69, 9.17) is 9.72 Å². The summed E-state index contributed by atoms with van der Waals surface area (Å²) in [6, 6.07) is 20.7. The summed E-state index contributed by atoms with van der Waals surface area (Å²) in [5, 5.41) is 3.55. The Morgan fingerprint density at radius 2 is 1.79 bits per heavy atom. The number of amides is 1. The molecule has 1 heterocycles. The Hall–Kier alpha value is -3.58. The molecule has 0 radical (unpaired) electrons. The number of fused-ring (bicyclic) bond motifs is 1. The number of benzene rings is 3. The Balaban J connectivity index is 1.64. The molecule has 1 atom stereocenters. The molecule has 0 aliphatic rings. The third-order valence-electron chi connectivity index (χ3n) is 5.84. The van der Waals surface area contributed by atoms with Crippen LogP contribution in [0.1, 0.15) is 23.6 Å². The fourth-order valence-corrected chi connectivity index (χ4v) is 4.61. The molecule has 0 spiro atoms. The van der Waals surface area contributed by atoms with E-state index in [9.17, 15) is 9.59 Å². The average molecular weight is 474 g/mol. The number of para-hydroxylation sites is 1. The summed E-state index contributed by atoms with van der Waals surface area (Å²) in [5.74, 6) is 0.640. The maximum atomic E-state index is 13.5. The number of methoxy groups -OCH3 is 1. The van der Waals surface area contributed by atoms with Crippen molar-refractivity contribution in [1.82, 2.24) is 14.9 Å². The van der Waals surface area contributed by atoms with Crippen LogP contribution in [-0.2, 0) is 11.3 Å². The summed E-state index contributed by atoms with van der Waals surface area (Å²) >= 11 is 1.28. The number of ether oxygens (including phenoxy) is 1. The molecular formula is C27H27N3O3S. The van der Waals surface area contributed by atoms with Crippen molar-refractivity contribution in [1.29, 1.82) is 0 Å². The zero-order valence-corrected chi connectivity index (χ0v) is 20.5. The highest BCUT2D eigenvalue weighted by Crippen LogP contribution is 2.27. The van der Waals surface area contributed by atoms with Crippen LogP contribution in [0.4, 0.5) is 0 Å². The highest BCUT2D eigenvalue weighted by atomic mass is 32.2. The van der Waals surface area contributed by atoms with Crippen LogP contribution in [0.5, 0.6) is 5.75 Å². The SMILES string of the molecule is COc1ccc(CNC(=O)C(C)Sc2nc3ccccc3c(=O)n2-c2cccc(C)c2C)cc1. The molecule has 0 aliphatic heterocycles. The zero-order chi connectivity index (χ0) is 24.2. The van der Waals surface area contributed by atoms with Gasteiger partial charge in [0.25, 0.3) is 5.56 Å². The second kappa shape index (κ2) is 10.1. The summed E-state index contributed by atoms with van der Waals surface area (Å²) < 4.78 is 6.81. The lowest BCUT2D eigenvalue weighted by Gasteiger charge is -2.18. The Bertz CT molecular complexity index is 1400. The minimum Gasteiger partial charge on any atom is -0.497 e. The summed E-state index contributed by atoms with van der Waals surface area (Å²) in [4.78, 5) is 31.2. The molecule has 0 aliphatic carbocycles. The van der Waals surface area contributed by atoms with Crippen LogP contribution in [0.3, 0.4) is 0 Å². The van der Waals surface area contributed by atoms with E-state index in [0.29, 0.717) is 22.6 Å². The fourth-order valence-electron chi connectivity index (χ4n) is 3.67. The van der Waals surface area contributed by atoms with Gasteiger partial charge in [-0.25, -0.2) is 4.98 Å². The topological polar surface area (TPSA) is 73.2 Å². The van der Waals surface area contributed by atoms with Gasteiger partial charge in [-0.3, -0.25) is 14.2 Å². The summed E-state index contributed by atoms with van der Waals surface area (Å²) in [6.07, 6.45) is 0. The minimum absolute atomic E-state index is 0.129. The molecule has 0 bridgehead atoms. The molecule has 0 fully saturated rings. The van der Waals surface area contributed by atoms with Crippen LogP contribution in [0.25, 0.3) is 16.6 Å². The summed E-state index contributed by atoms with van der Waals surface area (Å²) in [6.45, 7) is 6.23. The second-order valence-electron chi connectivity index (χ2n) is 8.10. The van der Waals surface area contributed by atoms with E-state index < -0.39 is 5.25 Å². The van der Waals surface area contributed by atoms with Gasteiger partial charge in [-0.1, -0.05) is 48.2 Å². The normalized spacial score (nSPS) is 11.9. The molecule has 4 rings (SSSR count). The standard InChI is InChI=1S/C27H27N3O3S/c1-17-8-7-11-24(18(17)2)30-26(32)22-9-5-6-10-23(22)29-27(30)34-19(3)25(31)28-16-20-12-14-21(33-4)15-13-20/h5-15,19H,16H2,1-4H3,(H,28,31). The Morgan fingerprint density at radius 1 is 1.06 bits per heavy atom. The molecule has 7 heteroatoms. The predicted molar refractivity (Wildman–Crippen MR) is 137 cm³/mol. The zero-order valence-electron chi connectivity index (χ0n) is 19.7. The van der Waals surface area contributed by atoms with Crippen molar-refractivity contribution in [2.45, 2.75) is 37.7 Å². The smallest absolute Gasteiger partial charge is 0.266 e. The van der Waals surface area contributed by atoms with Crippen LogP contribution in [-0.4, -0.2) is 27.8 Å². The first-order valence-corrected chi connectivity index (χ1v) is 11.9. The molecule has 1 aromatic heterocycles. The molecule has 6 nitrogen and oxygen atoms in total. The van der Waals surface area contributed by atoms with Crippen LogP contribution in [0, 0.1) is 13.8 Å². The number of thioether (sulfide) groups is 1. The molecular weight excluding hydrogens is 446 g/mol. The van der Waals surface area contributed by atoms with Crippen molar-refractivity contribution in [3.05, 3.63) is 93.8 Å². The molecule has 174 valence electrons. The number of carbonyl (C=O) groups excluding carboxylic acids is 1. The number of hydrogen-bond donors (Lipinski definition) is 1. The van der Waals surface area contributed by atoms with Crippen molar-refractivity contribution in [3.63, 3.8) is 0 Å². The van der Waals surface area contributed by atoms with Crippen LogP contribution >= 0.6 is 11.8 Å². The number of aryl methyl sites for hydroxylation is 1. The number of rotatable bonds is 7. The van der Waals surface area contributed by atoms with Gasteiger partial charge < -0.3 is 10.1 Å². The maximum Gasteiger partial charge on any atom is 0.266 e. The maximum absolute atomic E-state index is 13.5. The van der Waals surface area contributed by atoms with E-state index in [1.54, 1.807) is 17.7 Å². The molecule has 0 saturated carbocycles. The average Bonchev–Trinajstić information content (AvgIpc) is 2.85. The minimum atomic E-state index is -0.456. The van der Waals surface area contributed by atoms with Gasteiger partial charge in [-0.15, -0.1) is 0 Å². The molecule has 4 aromatic rings.